The second-order valence-corrected chi connectivity index (χ2v) is 6.18. The fourth-order valence-electron chi connectivity index (χ4n) is 3.76. The van der Waals surface area contributed by atoms with Gasteiger partial charge in [0.25, 0.3) is 0 Å². The van der Waals surface area contributed by atoms with Gasteiger partial charge in [0.05, 0.1) is 23.3 Å². The summed E-state index contributed by atoms with van der Waals surface area (Å²) in [6.07, 6.45) is 1.95. The van der Waals surface area contributed by atoms with E-state index in [0.29, 0.717) is 17.2 Å². The zero-order valence-electron chi connectivity index (χ0n) is 13.9. The number of hydrogen-bond donors (Lipinski definition) is 1. The van der Waals surface area contributed by atoms with Crippen LogP contribution in [0, 0.1) is 0 Å². The lowest BCUT2D eigenvalue weighted by atomic mass is 9.99. The van der Waals surface area contributed by atoms with Gasteiger partial charge >= 0.3 is 0 Å². The van der Waals surface area contributed by atoms with Crippen molar-refractivity contribution in [2.75, 3.05) is 13.9 Å². The van der Waals surface area contributed by atoms with Crippen molar-refractivity contribution in [1.82, 2.24) is 0 Å². The first-order valence-electron chi connectivity index (χ1n) is 8.02. The van der Waals surface area contributed by atoms with Crippen molar-refractivity contribution < 1.29 is 23.9 Å². The topological polar surface area (TPSA) is 51.8 Å². The molecular weight excluding hydrogens is 318 g/mol. The highest BCUT2D eigenvalue weighted by Gasteiger charge is 2.25. The lowest BCUT2D eigenvalue weighted by Gasteiger charge is -2.11. The third-order valence-corrected chi connectivity index (χ3v) is 4.84. The highest BCUT2D eigenvalue weighted by Crippen LogP contribution is 2.47. The van der Waals surface area contributed by atoms with Crippen molar-refractivity contribution in [3.63, 3.8) is 0 Å². The number of rotatable bonds is 1. The van der Waals surface area contributed by atoms with Crippen molar-refractivity contribution in [2.45, 2.75) is 0 Å². The predicted molar refractivity (Wildman–Crippen MR) is 94.5 cm³/mol. The van der Waals surface area contributed by atoms with Gasteiger partial charge in [-0.1, -0.05) is 12.1 Å². The van der Waals surface area contributed by atoms with Gasteiger partial charge in [-0.15, -0.1) is 0 Å². The molecule has 4 aromatic rings. The maximum atomic E-state index is 10.2. The van der Waals surface area contributed by atoms with E-state index in [-0.39, 0.29) is 12.5 Å². The van der Waals surface area contributed by atoms with Gasteiger partial charge in [-0.25, -0.2) is 0 Å². The molecule has 5 heteroatoms. The number of nitrogens with zero attached hydrogens (tertiary/aromatic N) is 1. The Labute approximate surface area is 143 Å². The van der Waals surface area contributed by atoms with E-state index in [1.165, 1.54) is 0 Å². The van der Waals surface area contributed by atoms with Crippen LogP contribution in [0.4, 0.5) is 0 Å². The van der Waals surface area contributed by atoms with Gasteiger partial charge in [0, 0.05) is 10.8 Å². The van der Waals surface area contributed by atoms with Crippen molar-refractivity contribution in [3.8, 4) is 23.0 Å². The fourth-order valence-corrected chi connectivity index (χ4v) is 3.76. The molecule has 0 fully saturated rings. The van der Waals surface area contributed by atoms with Gasteiger partial charge in [0.2, 0.25) is 18.1 Å². The number of hydrogen-bond acceptors (Lipinski definition) is 4. The van der Waals surface area contributed by atoms with Gasteiger partial charge in [-0.2, -0.15) is 4.57 Å². The third-order valence-electron chi connectivity index (χ3n) is 4.84. The van der Waals surface area contributed by atoms with Crippen LogP contribution in [0.1, 0.15) is 0 Å². The summed E-state index contributed by atoms with van der Waals surface area (Å²) in [4.78, 5) is 0. The number of pyridine rings is 1. The molecule has 1 aromatic heterocycles. The summed E-state index contributed by atoms with van der Waals surface area (Å²) in [5, 5.41) is 15.1. The minimum atomic E-state index is 0.197. The molecule has 0 atom stereocenters. The lowest BCUT2D eigenvalue weighted by molar-refractivity contribution is -0.642. The Bertz CT molecular complexity index is 1180. The van der Waals surface area contributed by atoms with E-state index in [4.69, 9.17) is 14.2 Å². The molecule has 2 heterocycles. The minimum absolute atomic E-state index is 0.197. The summed E-state index contributed by atoms with van der Waals surface area (Å²) in [7, 11) is 3.62. The Morgan fingerprint density at radius 3 is 2.68 bits per heavy atom. The van der Waals surface area contributed by atoms with E-state index >= 15 is 0 Å². The van der Waals surface area contributed by atoms with E-state index in [0.717, 1.165) is 32.4 Å². The minimum Gasteiger partial charge on any atom is -0.507 e. The molecule has 1 aliphatic heterocycles. The molecule has 1 N–H and O–H groups in total. The van der Waals surface area contributed by atoms with Crippen LogP contribution in [0.3, 0.4) is 0 Å². The summed E-state index contributed by atoms with van der Waals surface area (Å²) < 4.78 is 18.8. The number of aromatic nitrogens is 1. The molecule has 3 aromatic carbocycles. The smallest absolute Gasteiger partial charge is 0.231 e. The van der Waals surface area contributed by atoms with Gasteiger partial charge in [-0.05, 0) is 24.3 Å². The Hall–Kier alpha value is -3.21. The van der Waals surface area contributed by atoms with Gasteiger partial charge in [-0.3, -0.25) is 0 Å². The molecule has 0 spiro atoms. The largest absolute Gasteiger partial charge is 0.507 e. The lowest BCUT2D eigenvalue weighted by Crippen LogP contribution is -2.28. The van der Waals surface area contributed by atoms with Crippen LogP contribution in [0.25, 0.3) is 32.4 Å². The quantitative estimate of drug-likeness (QED) is 0.428. The first kappa shape index (κ1) is 14.2. The number of phenolic OH excluding ortho intramolecular Hbond substituents is 1. The summed E-state index contributed by atoms with van der Waals surface area (Å²) in [6.45, 7) is 0.197. The molecule has 0 bridgehead atoms. The molecule has 0 unspecified atom stereocenters. The number of fused-ring (bicyclic) bond motifs is 6. The zero-order chi connectivity index (χ0) is 17.1. The summed E-state index contributed by atoms with van der Waals surface area (Å²) in [6, 6.07) is 11.7. The van der Waals surface area contributed by atoms with Crippen LogP contribution in [0.5, 0.6) is 23.0 Å². The van der Waals surface area contributed by atoms with Crippen molar-refractivity contribution in [2.24, 2.45) is 7.05 Å². The van der Waals surface area contributed by atoms with Crippen LogP contribution in [-0.4, -0.2) is 19.0 Å². The predicted octanol–water partition coefficient (Wildman–Crippen LogP) is 3.41. The number of aryl methyl sites for hydroxylation is 1. The van der Waals surface area contributed by atoms with E-state index in [1.807, 2.05) is 42.1 Å². The Morgan fingerprint density at radius 2 is 1.84 bits per heavy atom. The average Bonchev–Trinajstić information content (AvgIpc) is 3.08. The molecule has 5 nitrogen and oxygen atoms in total. The summed E-state index contributed by atoms with van der Waals surface area (Å²) >= 11 is 0. The van der Waals surface area contributed by atoms with Crippen LogP contribution < -0.4 is 18.8 Å². The first-order valence-corrected chi connectivity index (χ1v) is 8.02. The van der Waals surface area contributed by atoms with Crippen molar-refractivity contribution in [3.05, 3.63) is 42.6 Å². The highest BCUT2D eigenvalue weighted by molar-refractivity contribution is 6.16. The number of aromatic hydroxyl groups is 1. The van der Waals surface area contributed by atoms with Crippen LogP contribution >= 0.6 is 0 Å². The maximum absolute atomic E-state index is 10.2. The average molecular weight is 334 g/mol. The monoisotopic (exact) mass is 334 g/mol. The fraction of sp³-hybridized carbons (Fsp3) is 0.150. The number of phenols is 1. The second kappa shape index (κ2) is 4.89. The Morgan fingerprint density at radius 1 is 1.00 bits per heavy atom. The van der Waals surface area contributed by atoms with Gasteiger partial charge < -0.3 is 19.3 Å². The zero-order valence-corrected chi connectivity index (χ0v) is 13.9. The number of ether oxygens (including phenoxy) is 3. The molecule has 0 radical (unpaired) electrons. The SMILES string of the molecule is COc1c2c(cc3c1ccc1c4cccc(O)c4c[n+](C)c31)OCO2. The molecule has 0 amide bonds. The van der Waals surface area contributed by atoms with Crippen LogP contribution in [0.15, 0.2) is 42.6 Å². The molecule has 25 heavy (non-hydrogen) atoms. The van der Waals surface area contributed by atoms with Crippen molar-refractivity contribution >= 4 is 32.4 Å². The van der Waals surface area contributed by atoms with Crippen LogP contribution in [0.2, 0.25) is 0 Å². The number of benzene rings is 3. The normalized spacial score (nSPS) is 13.0. The highest BCUT2D eigenvalue weighted by atomic mass is 16.7. The van der Waals surface area contributed by atoms with Crippen molar-refractivity contribution in [1.29, 1.82) is 0 Å². The molecule has 1 aliphatic rings. The van der Waals surface area contributed by atoms with E-state index in [2.05, 4.69) is 6.07 Å². The Kier molecular flexibility index (Phi) is 2.77. The molecule has 0 saturated heterocycles. The molecule has 0 aliphatic carbocycles. The molecule has 5 rings (SSSR count). The Balaban J connectivity index is 2.02. The van der Waals surface area contributed by atoms with E-state index in [9.17, 15) is 5.11 Å². The van der Waals surface area contributed by atoms with Gasteiger partial charge in [0.1, 0.15) is 12.8 Å². The molecule has 0 saturated carbocycles. The van der Waals surface area contributed by atoms with E-state index in [1.54, 1.807) is 13.2 Å². The molecular formula is C20H16NO4+. The third kappa shape index (κ3) is 1.80. The first-order chi connectivity index (χ1) is 12.2. The summed E-state index contributed by atoms with van der Waals surface area (Å²) in [5.74, 6) is 2.30. The van der Waals surface area contributed by atoms with Crippen LogP contribution in [-0.2, 0) is 7.05 Å². The standard InChI is InChI=1S/C20H15NO4/c1-21-9-15-11(4-3-5-16(15)22)12-6-7-13-14(18(12)21)8-17-20(19(13)23-2)25-10-24-17/h3-9H,10H2,1-2H3/p+1. The van der Waals surface area contributed by atoms with Gasteiger partial charge in [0.15, 0.2) is 17.7 Å². The second-order valence-electron chi connectivity index (χ2n) is 6.18. The molecule has 124 valence electrons. The maximum Gasteiger partial charge on any atom is 0.231 e. The number of methoxy groups -OCH3 is 1. The van der Waals surface area contributed by atoms with E-state index < -0.39 is 0 Å². The summed E-state index contributed by atoms with van der Waals surface area (Å²) in [5.41, 5.74) is 1.05.